The molecule has 0 saturated heterocycles. The molecule has 0 saturated carbocycles. The first-order chi connectivity index (χ1) is 10.8. The Bertz CT molecular complexity index is 621. The highest BCUT2D eigenvalue weighted by atomic mass is 32.1. The maximum absolute atomic E-state index is 5.15. The molecule has 0 amide bonds. The van der Waals surface area contributed by atoms with Gasteiger partial charge in [0.15, 0.2) is 5.11 Å². The van der Waals surface area contributed by atoms with Gasteiger partial charge in [-0.05, 0) is 35.8 Å². The number of nitrogens with one attached hydrogen (secondary N) is 2. The zero-order valence-electron chi connectivity index (χ0n) is 12.3. The Labute approximate surface area is 136 Å². The number of rotatable bonds is 6. The smallest absolute Gasteiger partial charge is 0.186 e. The van der Waals surface area contributed by atoms with Gasteiger partial charge in [-0.3, -0.25) is 5.43 Å². The molecule has 0 unspecified atom stereocenters. The first kappa shape index (κ1) is 15.9. The second kappa shape index (κ2) is 9.47. The fourth-order valence-corrected chi connectivity index (χ4v) is 2.02. The van der Waals surface area contributed by atoms with E-state index in [-0.39, 0.29) is 0 Å². The van der Waals surface area contributed by atoms with Gasteiger partial charge in [0.05, 0.1) is 0 Å². The summed E-state index contributed by atoms with van der Waals surface area (Å²) in [6.45, 7) is 0.783. The van der Waals surface area contributed by atoms with Gasteiger partial charge in [0.2, 0.25) is 0 Å². The topological polar surface area (TPSA) is 36.4 Å². The number of allylic oxidation sites excluding steroid dienone is 1. The number of thiocarbonyl (C=S) groups is 1. The van der Waals surface area contributed by atoms with E-state index in [0.29, 0.717) is 5.11 Å². The first-order valence-corrected chi connectivity index (χ1v) is 7.58. The van der Waals surface area contributed by atoms with Crippen molar-refractivity contribution in [1.82, 2.24) is 10.7 Å². The number of hydrogen-bond acceptors (Lipinski definition) is 2. The highest BCUT2D eigenvalue weighted by Gasteiger charge is 1.93. The molecule has 22 heavy (non-hydrogen) atoms. The Morgan fingerprint density at radius 3 is 2.41 bits per heavy atom. The van der Waals surface area contributed by atoms with Gasteiger partial charge in [0.25, 0.3) is 0 Å². The molecule has 0 bridgehead atoms. The van der Waals surface area contributed by atoms with Gasteiger partial charge in [-0.1, -0.05) is 66.7 Å². The van der Waals surface area contributed by atoms with E-state index in [4.69, 9.17) is 12.2 Å². The molecule has 4 heteroatoms. The molecule has 0 fully saturated rings. The third kappa shape index (κ3) is 6.33. The lowest BCUT2D eigenvalue weighted by Crippen LogP contribution is -2.33. The standard InChI is InChI=1S/C18H19N3S/c22-18(19-15-13-17-10-5-2-6-11-17)21-20-14-7-12-16-8-3-1-4-9-16/h1-12,14H,13,15H2,(H2,19,21,22)/b12-7+,20-14+. The van der Waals surface area contributed by atoms with E-state index >= 15 is 0 Å². The second-order valence-corrected chi connectivity index (χ2v) is 5.06. The summed E-state index contributed by atoms with van der Waals surface area (Å²) >= 11 is 5.15. The van der Waals surface area contributed by atoms with Crippen LogP contribution >= 0.6 is 12.2 Å². The molecule has 112 valence electrons. The minimum absolute atomic E-state index is 0.528. The number of benzene rings is 2. The molecule has 2 rings (SSSR count). The van der Waals surface area contributed by atoms with Gasteiger partial charge in [-0.25, -0.2) is 0 Å². The molecule has 0 aliphatic heterocycles. The summed E-state index contributed by atoms with van der Waals surface area (Å²) in [5.41, 5.74) is 5.21. The van der Waals surface area contributed by atoms with Crippen molar-refractivity contribution in [3.63, 3.8) is 0 Å². The lowest BCUT2D eigenvalue weighted by molar-refractivity contribution is 0.838. The highest BCUT2D eigenvalue weighted by molar-refractivity contribution is 7.80. The lowest BCUT2D eigenvalue weighted by Gasteiger charge is -2.06. The average Bonchev–Trinajstić information content (AvgIpc) is 2.56. The van der Waals surface area contributed by atoms with Crippen LogP contribution in [0.1, 0.15) is 11.1 Å². The summed E-state index contributed by atoms with van der Waals surface area (Å²) in [5, 5.41) is 7.70. The van der Waals surface area contributed by atoms with E-state index in [1.807, 2.05) is 60.7 Å². The first-order valence-electron chi connectivity index (χ1n) is 7.17. The van der Waals surface area contributed by atoms with Crippen molar-refractivity contribution in [2.75, 3.05) is 6.54 Å². The molecule has 0 aromatic heterocycles. The minimum Gasteiger partial charge on any atom is -0.361 e. The van der Waals surface area contributed by atoms with Gasteiger partial charge >= 0.3 is 0 Å². The summed E-state index contributed by atoms with van der Waals surface area (Å²) in [6.07, 6.45) is 6.46. The van der Waals surface area contributed by atoms with Crippen LogP contribution in [-0.2, 0) is 6.42 Å². The Balaban J connectivity index is 1.63. The Morgan fingerprint density at radius 2 is 1.68 bits per heavy atom. The van der Waals surface area contributed by atoms with Crippen LogP contribution in [0.15, 0.2) is 71.8 Å². The normalized spacial score (nSPS) is 10.9. The Hall–Kier alpha value is -2.46. The molecule has 0 aliphatic carbocycles. The molecule has 0 heterocycles. The van der Waals surface area contributed by atoms with Crippen LogP contribution in [0.25, 0.3) is 6.08 Å². The van der Waals surface area contributed by atoms with E-state index in [2.05, 4.69) is 28.0 Å². The maximum atomic E-state index is 5.15. The van der Waals surface area contributed by atoms with Gasteiger partial charge in [0.1, 0.15) is 0 Å². The van der Waals surface area contributed by atoms with Crippen LogP contribution in [0.5, 0.6) is 0 Å². The maximum Gasteiger partial charge on any atom is 0.186 e. The van der Waals surface area contributed by atoms with Crippen molar-refractivity contribution in [2.24, 2.45) is 5.10 Å². The molecule has 2 aromatic carbocycles. The van der Waals surface area contributed by atoms with Gasteiger partial charge in [-0.15, -0.1) is 0 Å². The van der Waals surface area contributed by atoms with Crippen molar-refractivity contribution < 1.29 is 0 Å². The van der Waals surface area contributed by atoms with Crippen molar-refractivity contribution in [3.8, 4) is 0 Å². The van der Waals surface area contributed by atoms with Gasteiger partial charge in [0, 0.05) is 12.8 Å². The molecular formula is C18H19N3S. The third-order valence-electron chi connectivity index (χ3n) is 2.96. The van der Waals surface area contributed by atoms with Crippen LogP contribution in [0.3, 0.4) is 0 Å². The SMILES string of the molecule is S=C(NCCc1ccccc1)N/N=C/C=C/c1ccccc1. The summed E-state index contributed by atoms with van der Waals surface area (Å²) < 4.78 is 0. The van der Waals surface area contributed by atoms with E-state index in [1.54, 1.807) is 6.21 Å². The predicted octanol–water partition coefficient (Wildman–Crippen LogP) is 3.39. The minimum atomic E-state index is 0.528. The van der Waals surface area contributed by atoms with Crippen LogP contribution in [0.2, 0.25) is 0 Å². The second-order valence-electron chi connectivity index (χ2n) is 4.65. The van der Waals surface area contributed by atoms with E-state index in [9.17, 15) is 0 Å². The highest BCUT2D eigenvalue weighted by Crippen LogP contribution is 1.99. The largest absolute Gasteiger partial charge is 0.361 e. The lowest BCUT2D eigenvalue weighted by atomic mass is 10.1. The fraction of sp³-hybridized carbons (Fsp3) is 0.111. The van der Waals surface area contributed by atoms with Gasteiger partial charge < -0.3 is 5.32 Å². The molecule has 0 spiro atoms. The summed E-state index contributed by atoms with van der Waals surface area (Å²) in [6, 6.07) is 20.4. The molecule has 3 nitrogen and oxygen atoms in total. The predicted molar refractivity (Wildman–Crippen MR) is 97.9 cm³/mol. The zero-order valence-corrected chi connectivity index (χ0v) is 13.1. The number of nitrogens with zero attached hydrogens (tertiary/aromatic N) is 1. The zero-order chi connectivity index (χ0) is 15.5. The van der Waals surface area contributed by atoms with Crippen molar-refractivity contribution in [1.29, 1.82) is 0 Å². The van der Waals surface area contributed by atoms with Crippen LogP contribution in [0.4, 0.5) is 0 Å². The fourth-order valence-electron chi connectivity index (χ4n) is 1.86. The third-order valence-corrected chi connectivity index (χ3v) is 3.19. The molecular weight excluding hydrogens is 290 g/mol. The van der Waals surface area contributed by atoms with Crippen LogP contribution in [0, 0.1) is 0 Å². The summed E-state index contributed by atoms with van der Waals surface area (Å²) in [7, 11) is 0. The van der Waals surface area contributed by atoms with E-state index in [0.717, 1.165) is 18.5 Å². The molecule has 0 atom stereocenters. The molecule has 0 radical (unpaired) electrons. The van der Waals surface area contributed by atoms with E-state index in [1.165, 1.54) is 5.56 Å². The molecule has 2 N–H and O–H groups in total. The summed E-state index contributed by atoms with van der Waals surface area (Å²) in [4.78, 5) is 0. The number of hydrazone groups is 1. The van der Waals surface area contributed by atoms with Crippen LogP contribution < -0.4 is 10.7 Å². The quantitative estimate of drug-likeness (QED) is 0.488. The Kier molecular flexibility index (Phi) is 6.85. The van der Waals surface area contributed by atoms with E-state index < -0.39 is 0 Å². The van der Waals surface area contributed by atoms with Crippen molar-refractivity contribution in [3.05, 3.63) is 77.9 Å². The Morgan fingerprint density at radius 1 is 1.00 bits per heavy atom. The monoisotopic (exact) mass is 309 g/mol. The van der Waals surface area contributed by atoms with Crippen molar-refractivity contribution >= 4 is 29.6 Å². The average molecular weight is 309 g/mol. The number of hydrogen-bond donors (Lipinski definition) is 2. The van der Waals surface area contributed by atoms with Crippen molar-refractivity contribution in [2.45, 2.75) is 6.42 Å². The molecule has 0 aliphatic rings. The molecule has 2 aromatic rings. The summed E-state index contributed by atoms with van der Waals surface area (Å²) in [5.74, 6) is 0. The van der Waals surface area contributed by atoms with Crippen LogP contribution in [-0.4, -0.2) is 17.9 Å². The van der Waals surface area contributed by atoms with Gasteiger partial charge in [-0.2, -0.15) is 5.10 Å².